The van der Waals surface area contributed by atoms with E-state index in [-0.39, 0.29) is 78.7 Å². The van der Waals surface area contributed by atoms with Crippen LogP contribution in [-0.4, -0.2) is 169 Å². The third kappa shape index (κ3) is 21.8. The van der Waals surface area contributed by atoms with Gasteiger partial charge in [-0.3, -0.25) is 34.6 Å². The van der Waals surface area contributed by atoms with Crippen LogP contribution in [0.3, 0.4) is 0 Å². The number of benzene rings is 10. The van der Waals surface area contributed by atoms with Gasteiger partial charge in [0.2, 0.25) is 0 Å². The SMILES string of the molecule is CC(C)OC(=O)N1CCc2c([nH]c3ccc(Cl)cc23)C1c1cccc(Cl)c1.CC(C)OC(=O)N1CCc2c([nH]c3ccc(Cl)cc23)C1c1cccc(F)c1.CCCOC(=O)N1CCc2c([nH]c3ccc(Cl)cc23)C1c1cccc(OC)c1.COc1cccc(C2c3[nH]c4ccc(Cl)cc4c3CCN2C(=O)OC(C)C)c1.O=C(OCCCl)N1CCc2c([nH]c3ccc(Cl)cc23)C1c1ccc([N+](=O)[O-])cc1. The maximum Gasteiger partial charge on any atom is 0.410 e. The third-order valence-electron chi connectivity index (χ3n) is 24.9. The van der Waals surface area contributed by atoms with Crippen molar-refractivity contribution in [3.05, 3.63) is 342 Å². The van der Waals surface area contributed by atoms with Gasteiger partial charge in [0, 0.05) is 158 Å². The minimum absolute atomic E-state index is 0.00974. The number of methoxy groups -OCH3 is 2. The van der Waals surface area contributed by atoms with Gasteiger partial charge in [0.15, 0.2) is 0 Å². The number of ether oxygens (including phenoxy) is 7. The van der Waals surface area contributed by atoms with Gasteiger partial charge in [0.25, 0.3) is 5.69 Å². The number of rotatable bonds is 15. The van der Waals surface area contributed by atoms with Crippen molar-refractivity contribution in [1.82, 2.24) is 49.4 Å². The van der Waals surface area contributed by atoms with Gasteiger partial charge in [-0.25, -0.2) is 28.4 Å². The van der Waals surface area contributed by atoms with Gasteiger partial charge in [-0.1, -0.05) is 125 Å². The molecule has 5 aliphatic rings. The van der Waals surface area contributed by atoms with E-state index >= 15 is 0 Å². The van der Waals surface area contributed by atoms with E-state index in [0.29, 0.717) is 87.9 Å². The molecular weight excluding hydrogens is 1920 g/mol. The fourth-order valence-corrected chi connectivity index (χ4v) is 20.2. The lowest BCUT2D eigenvalue weighted by atomic mass is 9.92. The normalized spacial score (nSPS) is 16.3. The van der Waals surface area contributed by atoms with Crippen molar-refractivity contribution in [3.63, 3.8) is 0 Å². The number of amides is 5. The molecule has 5 atom stereocenters. The molecule has 5 unspecified atom stereocenters. The van der Waals surface area contributed by atoms with Gasteiger partial charge in [0.05, 0.1) is 49.9 Å². The van der Waals surface area contributed by atoms with Crippen LogP contribution in [0.15, 0.2) is 212 Å². The minimum Gasteiger partial charge on any atom is -0.497 e. The Kier molecular flexibility index (Phi) is 31.2. The molecule has 0 bridgehead atoms. The zero-order chi connectivity index (χ0) is 98.3. The number of H-pyrrole nitrogens is 5. The predicted molar refractivity (Wildman–Crippen MR) is 543 cm³/mol. The van der Waals surface area contributed by atoms with Crippen LogP contribution < -0.4 is 9.47 Å². The van der Waals surface area contributed by atoms with E-state index in [1.54, 1.807) is 63.0 Å². The molecule has 722 valence electrons. The van der Waals surface area contributed by atoms with Gasteiger partial charge in [-0.05, 0) is 287 Å². The van der Waals surface area contributed by atoms with Crippen molar-refractivity contribution in [2.75, 3.05) is 66.0 Å². The number of nitro benzene ring substituents is 1. The van der Waals surface area contributed by atoms with Crippen LogP contribution in [0.5, 0.6) is 11.5 Å². The molecular formula is C106H103Cl7FN11O14. The monoisotopic (exact) mass is 2020 g/mol. The number of fused-ring (bicyclic) bond motifs is 15. The van der Waals surface area contributed by atoms with Crippen LogP contribution in [0.2, 0.25) is 30.1 Å². The van der Waals surface area contributed by atoms with Crippen LogP contribution in [0.25, 0.3) is 54.5 Å². The lowest BCUT2D eigenvalue weighted by Crippen LogP contribution is -2.41. The summed E-state index contributed by atoms with van der Waals surface area (Å²) in [6.07, 6.45) is 1.93. The molecule has 0 radical (unpaired) electrons. The maximum absolute atomic E-state index is 13.9. The highest BCUT2D eigenvalue weighted by Crippen LogP contribution is 2.48. The van der Waals surface area contributed by atoms with E-state index in [2.05, 4.69) is 24.9 Å². The molecule has 5 aliphatic heterocycles. The van der Waals surface area contributed by atoms with E-state index in [1.807, 2.05) is 212 Å². The fraction of sp³-hybridized carbons (Fsp3) is 0.292. The largest absolute Gasteiger partial charge is 0.497 e. The zero-order valence-corrected chi connectivity index (χ0v) is 82.9. The first-order valence-electron chi connectivity index (χ1n) is 45.8. The predicted octanol–water partition coefficient (Wildman–Crippen LogP) is 27.1. The second-order valence-electron chi connectivity index (χ2n) is 35.0. The van der Waals surface area contributed by atoms with Gasteiger partial charge in [0.1, 0.15) is 54.1 Å². The van der Waals surface area contributed by atoms with Crippen LogP contribution in [-0.2, 0) is 55.8 Å². The number of carbonyl (C=O) groups is 5. The molecule has 0 spiro atoms. The van der Waals surface area contributed by atoms with E-state index in [4.69, 9.17) is 114 Å². The Morgan fingerprint density at radius 1 is 0.367 bits per heavy atom. The van der Waals surface area contributed by atoms with Crippen molar-refractivity contribution in [2.24, 2.45) is 0 Å². The van der Waals surface area contributed by atoms with E-state index in [0.717, 1.165) is 154 Å². The molecule has 139 heavy (non-hydrogen) atoms. The Labute approximate surface area is 837 Å². The Hall–Kier alpha value is -12.8. The molecule has 20 rings (SSSR count). The van der Waals surface area contributed by atoms with E-state index < -0.39 is 29.2 Å². The summed E-state index contributed by atoms with van der Waals surface area (Å²) in [7, 11) is 3.28. The fourth-order valence-electron chi connectivity index (χ4n) is 19.1. The molecule has 0 saturated carbocycles. The number of aromatic amines is 5. The van der Waals surface area contributed by atoms with Crippen molar-refractivity contribution < 1.29 is 66.4 Å². The molecule has 5 amide bonds. The molecule has 5 N–H and O–H groups in total. The number of halogens is 8. The van der Waals surface area contributed by atoms with Crippen LogP contribution in [0.1, 0.15) is 169 Å². The van der Waals surface area contributed by atoms with Gasteiger partial charge in [-0.15, -0.1) is 11.6 Å². The summed E-state index contributed by atoms with van der Waals surface area (Å²) < 4.78 is 51.9. The maximum atomic E-state index is 13.9. The average molecular weight is 2020 g/mol. The summed E-state index contributed by atoms with van der Waals surface area (Å²) in [5.74, 6) is 1.38. The molecule has 15 aromatic rings. The number of nitrogens with one attached hydrogen (secondary N) is 5. The van der Waals surface area contributed by atoms with Gasteiger partial charge >= 0.3 is 30.5 Å². The molecule has 0 saturated heterocycles. The number of nitrogens with zero attached hydrogens (tertiary/aromatic N) is 6. The third-order valence-corrected chi connectivity index (χ3v) is 26.5. The quantitative estimate of drug-likeness (QED) is 0.0276. The Bertz CT molecular complexity index is 6920. The highest BCUT2D eigenvalue weighted by Gasteiger charge is 2.43. The first kappa shape index (κ1) is 99.2. The first-order chi connectivity index (χ1) is 67.0. The summed E-state index contributed by atoms with van der Waals surface area (Å²) in [4.78, 5) is 100. The number of non-ortho nitro benzene ring substituents is 1. The summed E-state index contributed by atoms with van der Waals surface area (Å²) in [5, 5.41) is 20.4. The van der Waals surface area contributed by atoms with E-state index in [1.165, 1.54) is 41.0 Å². The molecule has 0 fully saturated rings. The summed E-state index contributed by atoms with van der Waals surface area (Å²) in [6.45, 7) is 16.2. The second kappa shape index (κ2) is 43.7. The first-order valence-corrected chi connectivity index (χ1v) is 48.6. The van der Waals surface area contributed by atoms with Crippen molar-refractivity contribution >= 4 is 172 Å². The standard InChI is InChI=1S/2C22H23ClN2O3.C21H20Cl2N2O2.C21H20ClFN2O2.C20H17Cl2N3O4/c1-13(2)28-22(26)25-10-9-17-18-12-15(23)7-8-19(18)24-20(17)21(25)14-5-4-6-16(11-14)27-3;1-3-11-28-22(26)25-10-9-17-18-13-15(23)7-8-19(18)24-20(17)21(25)14-5-4-6-16(12-14)27-2;1-12(2)27-21(26)25-9-8-16-17-11-15(23)6-7-18(17)24-19(16)20(25)13-4-3-5-14(22)10-13;1-12(2)27-21(26)25-9-8-16-17-11-14(22)6-7-18(17)24-19(16)20(25)13-4-3-5-15(23)10-13;21-8-10-29-20(26)24-9-7-15-16-11-13(22)3-6-17(16)23-18(15)19(24)12-1-4-14(5-2-12)25(27)28/h4-8,11-13,21,24H,9-10H2,1-3H3;4-8,12-13,21,24H,3,9-11H2,1-2H3;2*3-7,10-12,20,24H,8-9H2,1-2H3;1-6,11,19,23H,7-10H2. The Morgan fingerprint density at radius 3 is 0.935 bits per heavy atom. The van der Waals surface area contributed by atoms with E-state index in [9.17, 15) is 38.5 Å². The summed E-state index contributed by atoms with van der Waals surface area (Å²) >= 11 is 42.9. The number of aromatic nitrogens is 5. The number of hydrogen-bond acceptors (Lipinski definition) is 14. The number of hydrogen-bond donors (Lipinski definition) is 5. The average Bonchev–Trinajstić information content (AvgIpc) is 1.64. The molecule has 33 heteroatoms. The molecule has 25 nitrogen and oxygen atoms in total. The van der Waals surface area contributed by atoms with Crippen LogP contribution in [0, 0.1) is 15.9 Å². The topological polar surface area (TPSA) is 288 Å². The minimum atomic E-state index is -0.476. The smallest absolute Gasteiger partial charge is 0.410 e. The van der Waals surface area contributed by atoms with Crippen molar-refractivity contribution in [2.45, 2.75) is 136 Å². The Balaban J connectivity index is 0.000000125. The number of nitro groups is 1. The van der Waals surface area contributed by atoms with Crippen molar-refractivity contribution in [1.29, 1.82) is 0 Å². The molecule has 0 aliphatic carbocycles. The molecule has 10 aromatic carbocycles. The number of carbonyl (C=O) groups excluding carboxylic acids is 5. The highest BCUT2D eigenvalue weighted by molar-refractivity contribution is 6.33. The number of alkyl halides is 1. The Morgan fingerprint density at radius 2 is 0.647 bits per heavy atom. The van der Waals surface area contributed by atoms with Gasteiger partial charge < -0.3 is 58.1 Å². The van der Waals surface area contributed by atoms with Crippen LogP contribution in [0.4, 0.5) is 34.1 Å². The van der Waals surface area contributed by atoms with Gasteiger partial charge in [-0.2, -0.15) is 0 Å². The van der Waals surface area contributed by atoms with Crippen LogP contribution >= 0.6 is 81.2 Å². The highest BCUT2D eigenvalue weighted by atomic mass is 35.5. The molecule has 10 heterocycles. The lowest BCUT2D eigenvalue weighted by molar-refractivity contribution is -0.384. The second-order valence-corrected chi connectivity index (χ2v) is 38.0. The zero-order valence-electron chi connectivity index (χ0n) is 77.6. The lowest BCUT2D eigenvalue weighted by Gasteiger charge is -2.36. The summed E-state index contributed by atoms with van der Waals surface area (Å²) in [5.41, 5.74) is 19.7. The van der Waals surface area contributed by atoms with Crippen molar-refractivity contribution in [3.8, 4) is 11.5 Å². The molecule has 5 aromatic heterocycles. The summed E-state index contributed by atoms with van der Waals surface area (Å²) in [6, 6.07) is 62.9.